The van der Waals surface area contributed by atoms with Crippen molar-refractivity contribution in [1.29, 1.82) is 0 Å². The van der Waals surface area contributed by atoms with Crippen molar-refractivity contribution in [2.24, 2.45) is 0 Å². The Kier molecular flexibility index (Phi) is 4.69. The highest BCUT2D eigenvalue weighted by atomic mass is 19.4. The summed E-state index contributed by atoms with van der Waals surface area (Å²) >= 11 is 0. The summed E-state index contributed by atoms with van der Waals surface area (Å²) in [6.45, 7) is 3.10. The number of alkyl halides is 3. The largest absolute Gasteiger partial charge is 0.457 e. The Hall–Kier alpha value is -1.85. The van der Waals surface area contributed by atoms with Crippen molar-refractivity contribution in [2.75, 3.05) is 0 Å². The number of ether oxygens (including phenoxy) is 1. The lowest BCUT2D eigenvalue weighted by atomic mass is 10.0. The molecule has 0 unspecified atom stereocenters. The summed E-state index contributed by atoms with van der Waals surface area (Å²) in [6, 6.07) is 4.65. The maximum Gasteiger partial charge on any atom is 0.416 e. The first-order valence-corrected chi connectivity index (χ1v) is 5.60. The first-order valence-electron chi connectivity index (χ1n) is 5.60. The van der Waals surface area contributed by atoms with Crippen molar-refractivity contribution in [2.45, 2.75) is 32.5 Å². The van der Waals surface area contributed by atoms with Crippen molar-refractivity contribution in [3.8, 4) is 0 Å². The molecule has 1 rings (SSSR count). The fraction of sp³-hybridized carbons (Fsp3) is 0.385. The fourth-order valence-electron chi connectivity index (χ4n) is 1.48. The number of rotatable bonds is 4. The van der Waals surface area contributed by atoms with E-state index in [-0.39, 0.29) is 5.56 Å². The Morgan fingerprint density at radius 3 is 2.32 bits per heavy atom. The molecule has 6 heteroatoms. The van der Waals surface area contributed by atoms with Crippen LogP contribution in [-0.2, 0) is 26.9 Å². The molecular weight excluding hydrogens is 261 g/mol. The molecule has 0 N–H and O–H groups in total. The van der Waals surface area contributed by atoms with Crippen molar-refractivity contribution in [1.82, 2.24) is 0 Å². The maximum atomic E-state index is 12.7. The normalized spacial score (nSPS) is 11.5. The van der Waals surface area contributed by atoms with E-state index in [9.17, 15) is 22.8 Å². The second-order valence-corrected chi connectivity index (χ2v) is 4.21. The molecule has 0 aliphatic rings. The average Bonchev–Trinajstić information content (AvgIpc) is 2.27. The number of benzene rings is 1. The first-order chi connectivity index (χ1) is 8.71. The number of hydrogen-bond donors (Lipinski definition) is 0. The molecule has 0 aliphatic carbocycles. The minimum atomic E-state index is -4.56. The minimum Gasteiger partial charge on any atom is -0.457 e. The number of carbonyl (C=O) groups is 2. The molecule has 0 saturated heterocycles. The Balaban J connectivity index is 2.89. The Bertz CT molecular complexity index is 478. The Morgan fingerprint density at radius 2 is 1.79 bits per heavy atom. The molecular formula is C13H13F3O3. The third-order valence-corrected chi connectivity index (χ3v) is 2.24. The van der Waals surface area contributed by atoms with Gasteiger partial charge in [-0.05, 0) is 25.5 Å². The van der Waals surface area contributed by atoms with Crippen LogP contribution in [0.4, 0.5) is 13.2 Å². The van der Waals surface area contributed by atoms with Gasteiger partial charge in [-0.2, -0.15) is 13.2 Å². The van der Waals surface area contributed by atoms with Gasteiger partial charge in [-0.3, -0.25) is 4.79 Å². The summed E-state index contributed by atoms with van der Waals surface area (Å²) in [5.41, 5.74) is -1.15. The Labute approximate surface area is 108 Å². The van der Waals surface area contributed by atoms with Gasteiger partial charge in [0.1, 0.15) is 0 Å². The molecule has 0 fully saturated rings. The third kappa shape index (κ3) is 4.39. The molecule has 1 aromatic rings. The lowest BCUT2D eigenvalue weighted by Crippen LogP contribution is -2.23. The van der Waals surface area contributed by atoms with Gasteiger partial charge >= 0.3 is 12.1 Å². The molecule has 1 aromatic carbocycles. The van der Waals surface area contributed by atoms with Crippen LogP contribution in [0.1, 0.15) is 25.0 Å². The third-order valence-electron chi connectivity index (χ3n) is 2.24. The van der Waals surface area contributed by atoms with E-state index in [2.05, 4.69) is 4.74 Å². The minimum absolute atomic E-state index is 0.235. The van der Waals surface area contributed by atoms with E-state index in [1.165, 1.54) is 18.2 Å². The van der Waals surface area contributed by atoms with E-state index in [4.69, 9.17) is 0 Å². The molecule has 0 atom stereocenters. The molecule has 0 spiro atoms. The second kappa shape index (κ2) is 5.86. The molecule has 0 saturated carbocycles. The van der Waals surface area contributed by atoms with Crippen molar-refractivity contribution >= 4 is 11.8 Å². The van der Waals surface area contributed by atoms with Crippen LogP contribution in [0.15, 0.2) is 24.3 Å². The number of hydrogen-bond acceptors (Lipinski definition) is 3. The van der Waals surface area contributed by atoms with Gasteiger partial charge in [-0.1, -0.05) is 18.2 Å². The molecule has 3 nitrogen and oxygen atoms in total. The summed E-state index contributed by atoms with van der Waals surface area (Å²) in [6.07, 6.45) is -5.67. The highest BCUT2D eigenvalue weighted by molar-refractivity contribution is 6.34. The van der Waals surface area contributed by atoms with Crippen LogP contribution < -0.4 is 0 Å². The van der Waals surface area contributed by atoms with Crippen LogP contribution >= 0.6 is 0 Å². The summed E-state index contributed by atoms with van der Waals surface area (Å²) < 4.78 is 42.7. The summed E-state index contributed by atoms with van der Waals surface area (Å²) in [5, 5.41) is 0. The number of Topliss-reactive ketones (excluding diaryl/α,β-unsaturated/α-hetero) is 1. The van der Waals surface area contributed by atoms with E-state index >= 15 is 0 Å². The summed E-state index contributed by atoms with van der Waals surface area (Å²) in [5.74, 6) is -2.11. The SMILES string of the molecule is CC(C)OC(=O)C(=O)Cc1ccccc1C(F)(F)F. The van der Waals surface area contributed by atoms with Gasteiger partial charge in [0.2, 0.25) is 5.78 Å². The quantitative estimate of drug-likeness (QED) is 0.626. The van der Waals surface area contributed by atoms with Crippen LogP contribution in [0.3, 0.4) is 0 Å². The molecule has 0 aromatic heterocycles. The monoisotopic (exact) mass is 274 g/mol. The van der Waals surface area contributed by atoms with Gasteiger partial charge < -0.3 is 4.74 Å². The molecule has 0 radical (unpaired) electrons. The average molecular weight is 274 g/mol. The molecule has 0 amide bonds. The molecule has 19 heavy (non-hydrogen) atoms. The van der Waals surface area contributed by atoms with E-state index in [1.54, 1.807) is 13.8 Å². The molecule has 104 valence electrons. The fourth-order valence-corrected chi connectivity index (χ4v) is 1.48. The standard InChI is InChI=1S/C13H13F3O3/c1-8(2)19-12(18)11(17)7-9-5-3-4-6-10(9)13(14,15)16/h3-6,8H,7H2,1-2H3. The van der Waals surface area contributed by atoms with Crippen molar-refractivity contribution in [3.05, 3.63) is 35.4 Å². The predicted octanol–water partition coefficient (Wildman–Crippen LogP) is 2.77. The predicted molar refractivity (Wildman–Crippen MR) is 61.4 cm³/mol. The molecule has 0 bridgehead atoms. The van der Waals surface area contributed by atoms with Gasteiger partial charge in [0, 0.05) is 6.42 Å². The first kappa shape index (κ1) is 15.2. The van der Waals surface area contributed by atoms with Gasteiger partial charge in [0.05, 0.1) is 11.7 Å². The number of halogens is 3. The smallest absolute Gasteiger partial charge is 0.416 e. The van der Waals surface area contributed by atoms with Gasteiger partial charge in [-0.15, -0.1) is 0 Å². The highest BCUT2D eigenvalue weighted by Crippen LogP contribution is 2.32. The number of ketones is 1. The lowest BCUT2D eigenvalue weighted by molar-refractivity contribution is -0.156. The summed E-state index contributed by atoms with van der Waals surface area (Å²) in [7, 11) is 0. The topological polar surface area (TPSA) is 43.4 Å². The van der Waals surface area contributed by atoms with E-state index in [0.717, 1.165) is 6.07 Å². The van der Waals surface area contributed by atoms with Crippen LogP contribution in [0.2, 0.25) is 0 Å². The summed E-state index contributed by atoms with van der Waals surface area (Å²) in [4.78, 5) is 22.8. The van der Waals surface area contributed by atoms with Crippen molar-refractivity contribution < 1.29 is 27.5 Å². The zero-order valence-corrected chi connectivity index (χ0v) is 10.5. The van der Waals surface area contributed by atoms with E-state index < -0.39 is 36.0 Å². The van der Waals surface area contributed by atoms with Gasteiger partial charge in [0.15, 0.2) is 0 Å². The van der Waals surface area contributed by atoms with E-state index in [0.29, 0.717) is 0 Å². The lowest BCUT2D eigenvalue weighted by Gasteiger charge is -2.12. The van der Waals surface area contributed by atoms with Gasteiger partial charge in [-0.25, -0.2) is 4.79 Å². The van der Waals surface area contributed by atoms with E-state index in [1.807, 2.05) is 0 Å². The molecule has 0 heterocycles. The highest BCUT2D eigenvalue weighted by Gasteiger charge is 2.34. The van der Waals surface area contributed by atoms with Gasteiger partial charge in [0.25, 0.3) is 0 Å². The molecule has 0 aliphatic heterocycles. The van der Waals surface area contributed by atoms with Crippen LogP contribution in [0, 0.1) is 0 Å². The second-order valence-electron chi connectivity index (χ2n) is 4.21. The van der Waals surface area contributed by atoms with Crippen LogP contribution in [0.25, 0.3) is 0 Å². The Morgan fingerprint density at radius 1 is 1.21 bits per heavy atom. The zero-order chi connectivity index (χ0) is 14.6. The van der Waals surface area contributed by atoms with Crippen LogP contribution in [0.5, 0.6) is 0 Å². The van der Waals surface area contributed by atoms with Crippen molar-refractivity contribution in [3.63, 3.8) is 0 Å². The number of carbonyl (C=O) groups excluding carboxylic acids is 2. The zero-order valence-electron chi connectivity index (χ0n) is 10.5. The van der Waals surface area contributed by atoms with Crippen LogP contribution in [-0.4, -0.2) is 17.9 Å². The maximum absolute atomic E-state index is 12.7. The number of esters is 1.